The largest absolute Gasteiger partial charge is 0.502 e. The van der Waals surface area contributed by atoms with E-state index in [9.17, 15) is 19.3 Å². The highest BCUT2D eigenvalue weighted by atomic mass is 32.3. The van der Waals surface area contributed by atoms with Gasteiger partial charge in [-0.15, -0.1) is 22.1 Å². The summed E-state index contributed by atoms with van der Waals surface area (Å²) in [5, 5.41) is 21.6. The standard InChI is InChI=1S/C11H13NO5S2/c13-8-9(14)11(12-4-2-6-19(12,15)16)17-10(8)7-3-1-5-18-7/h1,3,5,13-16H,2,4,6H2. The van der Waals surface area contributed by atoms with Crippen LogP contribution in [0.25, 0.3) is 10.6 Å². The quantitative estimate of drug-likeness (QED) is 0.679. The fraction of sp³-hybridized carbons (Fsp3) is 0.273. The Morgan fingerprint density at radius 3 is 2.63 bits per heavy atom. The van der Waals surface area contributed by atoms with Gasteiger partial charge in [-0.05, 0) is 17.9 Å². The number of furan rings is 1. The zero-order valence-corrected chi connectivity index (χ0v) is 11.4. The van der Waals surface area contributed by atoms with E-state index in [-0.39, 0.29) is 23.1 Å². The van der Waals surface area contributed by atoms with E-state index >= 15 is 0 Å². The molecule has 0 bridgehead atoms. The van der Waals surface area contributed by atoms with Gasteiger partial charge >= 0.3 is 0 Å². The Bertz CT molecular complexity index is 593. The fourth-order valence-electron chi connectivity index (χ4n) is 2.04. The van der Waals surface area contributed by atoms with E-state index in [1.807, 2.05) is 5.38 Å². The molecule has 0 unspecified atom stereocenters. The molecule has 2 aromatic rings. The van der Waals surface area contributed by atoms with Gasteiger partial charge in [0, 0.05) is 6.54 Å². The molecule has 4 N–H and O–H groups in total. The van der Waals surface area contributed by atoms with Crippen molar-refractivity contribution in [1.82, 2.24) is 0 Å². The van der Waals surface area contributed by atoms with E-state index in [0.29, 0.717) is 17.8 Å². The molecule has 1 saturated heterocycles. The first-order valence-corrected chi connectivity index (χ1v) is 8.18. The molecule has 104 valence electrons. The van der Waals surface area contributed by atoms with Crippen LogP contribution in [-0.2, 0) is 0 Å². The number of hydrogen-bond donors (Lipinski definition) is 4. The van der Waals surface area contributed by atoms with Gasteiger partial charge in [0.25, 0.3) is 5.88 Å². The van der Waals surface area contributed by atoms with Crippen molar-refractivity contribution in [2.75, 3.05) is 16.6 Å². The van der Waals surface area contributed by atoms with E-state index in [1.165, 1.54) is 15.6 Å². The van der Waals surface area contributed by atoms with Crippen LogP contribution < -0.4 is 4.31 Å². The summed E-state index contributed by atoms with van der Waals surface area (Å²) in [7, 11) is -2.96. The lowest BCUT2D eigenvalue weighted by Crippen LogP contribution is -2.21. The smallest absolute Gasteiger partial charge is 0.261 e. The van der Waals surface area contributed by atoms with Crippen LogP contribution in [0, 0.1) is 0 Å². The summed E-state index contributed by atoms with van der Waals surface area (Å²) in [4.78, 5) is 0.662. The number of aromatic hydroxyl groups is 2. The molecule has 2 aromatic heterocycles. The molecule has 3 rings (SSSR count). The number of thiophene rings is 1. The molecule has 1 aliphatic rings. The van der Waals surface area contributed by atoms with Crippen molar-refractivity contribution in [3.8, 4) is 22.1 Å². The van der Waals surface area contributed by atoms with Gasteiger partial charge in [-0.1, -0.05) is 6.07 Å². The summed E-state index contributed by atoms with van der Waals surface area (Å²) < 4.78 is 26.4. The van der Waals surface area contributed by atoms with Gasteiger partial charge in [0.05, 0.1) is 10.6 Å². The summed E-state index contributed by atoms with van der Waals surface area (Å²) >= 11 is 1.35. The fourth-order valence-corrected chi connectivity index (χ4v) is 4.29. The number of rotatable bonds is 2. The second kappa shape index (κ2) is 4.34. The number of anilines is 1. The Hall–Kier alpha value is -1.35. The van der Waals surface area contributed by atoms with Gasteiger partial charge in [0.1, 0.15) is 0 Å². The number of hydrogen-bond acceptors (Lipinski definition) is 7. The van der Waals surface area contributed by atoms with E-state index < -0.39 is 16.5 Å². The maximum Gasteiger partial charge on any atom is 0.261 e. The predicted octanol–water partition coefficient (Wildman–Crippen LogP) is 3.30. The monoisotopic (exact) mass is 303 g/mol. The Morgan fingerprint density at radius 2 is 2.05 bits per heavy atom. The normalized spacial score (nSPS) is 19.8. The summed E-state index contributed by atoms with van der Waals surface area (Å²) in [6.45, 7) is 0.368. The Balaban J connectivity index is 2.07. The minimum absolute atomic E-state index is 0.0848. The van der Waals surface area contributed by atoms with Crippen LogP contribution in [0.3, 0.4) is 0 Å². The van der Waals surface area contributed by atoms with Gasteiger partial charge < -0.3 is 14.6 Å². The van der Waals surface area contributed by atoms with Gasteiger partial charge in [-0.3, -0.25) is 9.11 Å². The van der Waals surface area contributed by atoms with Crippen molar-refractivity contribution >= 4 is 28.0 Å². The van der Waals surface area contributed by atoms with E-state index in [4.69, 9.17) is 4.42 Å². The molecule has 0 aliphatic carbocycles. The first-order chi connectivity index (χ1) is 9.00. The third-order valence-corrected chi connectivity index (χ3v) is 5.70. The van der Waals surface area contributed by atoms with Gasteiger partial charge in [-0.2, -0.15) is 0 Å². The van der Waals surface area contributed by atoms with Crippen LogP contribution in [0.2, 0.25) is 0 Å². The summed E-state index contributed by atoms with van der Waals surface area (Å²) in [6, 6.07) is 3.54. The van der Waals surface area contributed by atoms with Gasteiger partial charge in [0.15, 0.2) is 5.76 Å². The molecular formula is C11H13NO5S2. The molecule has 0 aromatic carbocycles. The Kier molecular flexibility index (Phi) is 2.90. The molecule has 6 nitrogen and oxygen atoms in total. The average molecular weight is 303 g/mol. The maximum atomic E-state index is 9.92. The van der Waals surface area contributed by atoms with Gasteiger partial charge in [0.2, 0.25) is 11.5 Å². The van der Waals surface area contributed by atoms with Crippen molar-refractivity contribution in [3.63, 3.8) is 0 Å². The molecule has 1 fully saturated rings. The van der Waals surface area contributed by atoms with Gasteiger partial charge in [-0.25, -0.2) is 4.31 Å². The van der Waals surface area contributed by atoms with Crippen LogP contribution in [0.5, 0.6) is 11.5 Å². The lowest BCUT2D eigenvalue weighted by atomic mass is 10.3. The lowest BCUT2D eigenvalue weighted by Gasteiger charge is -2.35. The van der Waals surface area contributed by atoms with Crippen molar-refractivity contribution in [1.29, 1.82) is 0 Å². The highest BCUT2D eigenvalue weighted by Crippen LogP contribution is 2.57. The van der Waals surface area contributed by atoms with E-state index in [0.717, 1.165) is 0 Å². The van der Waals surface area contributed by atoms with Crippen LogP contribution in [-0.4, -0.2) is 31.6 Å². The first-order valence-electron chi connectivity index (χ1n) is 5.63. The summed E-state index contributed by atoms with van der Waals surface area (Å²) in [5.41, 5.74) is 0. The van der Waals surface area contributed by atoms with Crippen molar-refractivity contribution in [2.24, 2.45) is 0 Å². The summed E-state index contributed by atoms with van der Waals surface area (Å²) in [6.07, 6.45) is 0.595. The van der Waals surface area contributed by atoms with E-state index in [1.54, 1.807) is 12.1 Å². The minimum Gasteiger partial charge on any atom is -0.502 e. The molecule has 0 atom stereocenters. The Labute approximate surface area is 115 Å². The summed E-state index contributed by atoms with van der Waals surface area (Å²) in [5.74, 6) is -0.532. The highest BCUT2D eigenvalue weighted by Gasteiger charge is 2.36. The second-order valence-electron chi connectivity index (χ2n) is 4.20. The second-order valence-corrected chi connectivity index (χ2v) is 7.26. The molecule has 19 heavy (non-hydrogen) atoms. The molecule has 0 spiro atoms. The average Bonchev–Trinajstić information content (AvgIpc) is 3.03. The molecule has 0 saturated carbocycles. The van der Waals surface area contributed by atoms with Crippen LogP contribution >= 0.6 is 22.1 Å². The predicted molar refractivity (Wildman–Crippen MR) is 75.0 cm³/mol. The number of nitrogens with zero attached hydrogens (tertiary/aromatic N) is 1. The zero-order valence-electron chi connectivity index (χ0n) is 9.81. The first kappa shape index (κ1) is 12.7. The van der Waals surface area contributed by atoms with Crippen LogP contribution in [0.4, 0.5) is 5.88 Å². The van der Waals surface area contributed by atoms with Crippen molar-refractivity contribution < 1.29 is 23.7 Å². The zero-order chi connectivity index (χ0) is 13.6. The van der Waals surface area contributed by atoms with Crippen molar-refractivity contribution in [3.05, 3.63) is 17.5 Å². The van der Waals surface area contributed by atoms with Crippen LogP contribution in [0.15, 0.2) is 21.9 Å². The third-order valence-electron chi connectivity index (χ3n) is 2.94. The molecule has 3 heterocycles. The highest BCUT2D eigenvalue weighted by molar-refractivity contribution is 8.25. The van der Waals surface area contributed by atoms with Crippen LogP contribution in [0.1, 0.15) is 6.42 Å². The molecule has 1 aliphatic heterocycles. The molecular weight excluding hydrogens is 290 g/mol. The van der Waals surface area contributed by atoms with E-state index in [2.05, 4.69) is 0 Å². The SMILES string of the molecule is Oc1c(-c2cccs2)oc(N2CCCS2(O)O)c1O. The maximum absolute atomic E-state index is 9.92. The molecule has 8 heteroatoms. The minimum atomic E-state index is -2.96. The Morgan fingerprint density at radius 1 is 1.26 bits per heavy atom. The molecule has 0 amide bonds. The molecule has 0 radical (unpaired) electrons. The third kappa shape index (κ3) is 1.96. The van der Waals surface area contributed by atoms with Crippen molar-refractivity contribution in [2.45, 2.75) is 6.42 Å². The lowest BCUT2D eigenvalue weighted by molar-refractivity contribution is 0.409. The topological polar surface area (TPSA) is 97.3 Å².